The Morgan fingerprint density at radius 3 is 2.80 bits per heavy atom. The molecule has 25 heavy (non-hydrogen) atoms. The van der Waals surface area contributed by atoms with Crippen LogP contribution in [0, 0.1) is 0 Å². The molecule has 7 nitrogen and oxygen atoms in total. The second-order valence-corrected chi connectivity index (χ2v) is 7.92. The van der Waals surface area contributed by atoms with Crippen LogP contribution in [0.4, 0.5) is 5.13 Å². The third-order valence-corrected chi connectivity index (χ3v) is 6.27. The topological polar surface area (TPSA) is 70.3 Å². The van der Waals surface area contributed by atoms with E-state index in [1.54, 1.807) is 11.3 Å². The molecule has 0 aromatic carbocycles. The Morgan fingerprint density at radius 1 is 1.20 bits per heavy atom. The molecule has 2 saturated heterocycles. The van der Waals surface area contributed by atoms with Crippen molar-refractivity contribution in [3.8, 4) is 0 Å². The summed E-state index contributed by atoms with van der Waals surface area (Å²) in [6.45, 7) is 5.22. The van der Waals surface area contributed by atoms with Gasteiger partial charge >= 0.3 is 0 Å². The first-order valence-electron chi connectivity index (χ1n) is 9.15. The number of anilines is 1. The number of likely N-dealkylation sites (tertiary alicyclic amines) is 1. The first-order valence-corrected chi connectivity index (χ1v) is 10.0. The zero-order valence-electron chi connectivity index (χ0n) is 14.8. The maximum absolute atomic E-state index is 9.24. The van der Waals surface area contributed by atoms with E-state index in [-0.39, 0.29) is 6.61 Å². The van der Waals surface area contributed by atoms with Crippen molar-refractivity contribution in [3.05, 3.63) is 22.7 Å². The van der Waals surface area contributed by atoms with Crippen molar-refractivity contribution < 1.29 is 5.11 Å². The molecule has 2 aromatic heterocycles. The summed E-state index contributed by atoms with van der Waals surface area (Å²) in [4.78, 5) is 9.31. The molecule has 0 saturated carbocycles. The van der Waals surface area contributed by atoms with Gasteiger partial charge in [0.2, 0.25) is 0 Å². The second kappa shape index (κ2) is 7.39. The van der Waals surface area contributed by atoms with E-state index in [0.29, 0.717) is 5.92 Å². The van der Waals surface area contributed by atoms with E-state index in [4.69, 9.17) is 0 Å². The minimum Gasteiger partial charge on any atom is -0.390 e. The lowest BCUT2D eigenvalue weighted by atomic mass is 9.97. The summed E-state index contributed by atoms with van der Waals surface area (Å²) >= 11 is 1.61. The number of rotatable bonds is 5. The van der Waals surface area contributed by atoms with E-state index in [1.165, 1.54) is 25.9 Å². The Kier molecular flexibility index (Phi) is 5.00. The Balaban J connectivity index is 1.46. The molecule has 1 N–H and O–H groups in total. The van der Waals surface area contributed by atoms with Crippen molar-refractivity contribution in [2.75, 3.05) is 31.1 Å². The van der Waals surface area contributed by atoms with Crippen LogP contribution < -0.4 is 4.90 Å². The van der Waals surface area contributed by atoms with Gasteiger partial charge in [-0.2, -0.15) is 0 Å². The maximum atomic E-state index is 9.24. The van der Waals surface area contributed by atoms with Gasteiger partial charge in [-0.05, 0) is 38.8 Å². The highest BCUT2D eigenvalue weighted by Crippen LogP contribution is 2.31. The summed E-state index contributed by atoms with van der Waals surface area (Å²) in [5.74, 6) is 2.56. The largest absolute Gasteiger partial charge is 0.390 e. The highest BCUT2D eigenvalue weighted by molar-refractivity contribution is 7.13. The zero-order chi connectivity index (χ0) is 17.2. The van der Waals surface area contributed by atoms with E-state index in [9.17, 15) is 5.11 Å². The van der Waals surface area contributed by atoms with Crippen molar-refractivity contribution in [1.82, 2.24) is 24.6 Å². The normalized spacial score (nSPS) is 22.0. The lowest BCUT2D eigenvalue weighted by Gasteiger charge is -2.32. The molecule has 1 atom stereocenters. The van der Waals surface area contributed by atoms with Gasteiger partial charge in [-0.3, -0.25) is 4.90 Å². The van der Waals surface area contributed by atoms with Crippen molar-refractivity contribution in [2.45, 2.75) is 44.8 Å². The van der Waals surface area contributed by atoms with Gasteiger partial charge in [0.1, 0.15) is 11.6 Å². The predicted octanol–water partition coefficient (Wildman–Crippen LogP) is 1.74. The molecule has 1 unspecified atom stereocenters. The average Bonchev–Trinajstić information content (AvgIpc) is 3.38. The molecular weight excluding hydrogens is 336 g/mol. The van der Waals surface area contributed by atoms with E-state index < -0.39 is 0 Å². The fourth-order valence-corrected chi connectivity index (χ4v) is 4.74. The van der Waals surface area contributed by atoms with Gasteiger partial charge in [0.15, 0.2) is 5.13 Å². The lowest BCUT2D eigenvalue weighted by molar-refractivity contribution is 0.277. The Bertz CT molecular complexity index is 708. The van der Waals surface area contributed by atoms with Crippen LogP contribution in [-0.4, -0.2) is 55.9 Å². The third kappa shape index (κ3) is 3.56. The van der Waals surface area contributed by atoms with Crippen molar-refractivity contribution in [2.24, 2.45) is 7.05 Å². The fraction of sp³-hybridized carbons (Fsp3) is 0.706. The van der Waals surface area contributed by atoms with E-state index in [2.05, 4.69) is 36.6 Å². The molecule has 2 aromatic rings. The molecule has 0 aliphatic carbocycles. The molecule has 0 amide bonds. The van der Waals surface area contributed by atoms with Crippen molar-refractivity contribution >= 4 is 16.5 Å². The van der Waals surface area contributed by atoms with Crippen molar-refractivity contribution in [1.29, 1.82) is 0 Å². The molecule has 2 aliphatic heterocycles. The maximum Gasteiger partial charge on any atom is 0.185 e. The summed E-state index contributed by atoms with van der Waals surface area (Å²) in [5.41, 5.74) is 0.758. The minimum absolute atomic E-state index is 0.0108. The molecule has 0 spiro atoms. The minimum atomic E-state index is 0.0108. The highest BCUT2D eigenvalue weighted by Gasteiger charge is 2.27. The number of aliphatic hydroxyl groups excluding tert-OH is 1. The van der Waals surface area contributed by atoms with Gasteiger partial charge in [-0.15, -0.1) is 21.5 Å². The highest BCUT2D eigenvalue weighted by atomic mass is 32.1. The molecule has 8 heteroatoms. The van der Waals surface area contributed by atoms with Gasteiger partial charge in [-0.1, -0.05) is 0 Å². The number of piperidine rings is 1. The Morgan fingerprint density at radius 2 is 2.04 bits per heavy atom. The van der Waals surface area contributed by atoms with E-state index >= 15 is 0 Å². The number of aromatic nitrogens is 4. The first-order chi connectivity index (χ1) is 12.2. The van der Waals surface area contributed by atoms with Gasteiger partial charge < -0.3 is 14.6 Å². The smallest absolute Gasteiger partial charge is 0.185 e. The average molecular weight is 363 g/mol. The van der Waals surface area contributed by atoms with Gasteiger partial charge in [0, 0.05) is 31.4 Å². The first kappa shape index (κ1) is 16.9. The van der Waals surface area contributed by atoms with Crippen LogP contribution in [-0.2, 0) is 20.2 Å². The molecule has 136 valence electrons. The Hall–Kier alpha value is -1.51. The van der Waals surface area contributed by atoms with Crippen molar-refractivity contribution in [3.63, 3.8) is 0 Å². The van der Waals surface area contributed by atoms with Crippen LogP contribution in [0.25, 0.3) is 0 Å². The zero-order valence-corrected chi connectivity index (χ0v) is 15.6. The fourth-order valence-electron chi connectivity index (χ4n) is 3.89. The van der Waals surface area contributed by atoms with Crippen LogP contribution in [0.3, 0.4) is 0 Å². The molecule has 2 aliphatic rings. The quantitative estimate of drug-likeness (QED) is 0.874. The predicted molar refractivity (Wildman–Crippen MR) is 97.7 cm³/mol. The number of nitrogens with zero attached hydrogens (tertiary/aromatic N) is 6. The monoisotopic (exact) mass is 362 g/mol. The summed E-state index contributed by atoms with van der Waals surface area (Å²) in [6.07, 6.45) is 4.87. The summed E-state index contributed by atoms with van der Waals surface area (Å²) < 4.78 is 2.20. The second-order valence-electron chi connectivity index (χ2n) is 7.08. The summed E-state index contributed by atoms with van der Waals surface area (Å²) in [7, 11) is 2.10. The number of thiazole rings is 1. The third-order valence-electron chi connectivity index (χ3n) is 5.32. The Labute approximate surface area is 152 Å². The summed E-state index contributed by atoms with van der Waals surface area (Å²) in [5, 5.41) is 21.2. The van der Waals surface area contributed by atoms with Crippen LogP contribution >= 0.6 is 11.3 Å². The van der Waals surface area contributed by atoms with Gasteiger partial charge in [-0.25, -0.2) is 4.98 Å². The SMILES string of the molecule is Cn1c(CN2CCCC2)nnc1C1CCCN(c2nc(CO)cs2)C1. The van der Waals surface area contributed by atoms with Gasteiger partial charge in [0.25, 0.3) is 0 Å². The molecular formula is C17H26N6OS. The molecule has 4 rings (SSSR count). The lowest BCUT2D eigenvalue weighted by Crippen LogP contribution is -2.35. The van der Waals surface area contributed by atoms with E-state index in [0.717, 1.165) is 55.0 Å². The van der Waals surface area contributed by atoms with E-state index in [1.807, 2.05) is 5.38 Å². The summed E-state index contributed by atoms with van der Waals surface area (Å²) in [6, 6.07) is 0. The van der Waals surface area contributed by atoms with Gasteiger partial charge in [0.05, 0.1) is 18.8 Å². The molecule has 0 bridgehead atoms. The van der Waals surface area contributed by atoms with Crippen LogP contribution in [0.2, 0.25) is 0 Å². The van der Waals surface area contributed by atoms with Crippen LogP contribution in [0.1, 0.15) is 48.9 Å². The molecule has 4 heterocycles. The number of aliphatic hydroxyl groups is 1. The standard InChI is InChI=1S/C17H26N6OS/c1-21-15(10-22-6-2-3-7-22)19-20-16(21)13-5-4-8-23(9-13)17-18-14(11-24)12-25-17/h12-13,24H,2-11H2,1H3. The number of hydrogen-bond acceptors (Lipinski definition) is 7. The van der Waals surface area contributed by atoms with Crippen LogP contribution in [0.5, 0.6) is 0 Å². The number of hydrogen-bond donors (Lipinski definition) is 1. The molecule has 0 radical (unpaired) electrons. The molecule has 2 fully saturated rings. The van der Waals surface area contributed by atoms with Crippen LogP contribution in [0.15, 0.2) is 5.38 Å².